The summed E-state index contributed by atoms with van der Waals surface area (Å²) in [5, 5.41) is 0. The first-order chi connectivity index (χ1) is 9.79. The van der Waals surface area contributed by atoms with Crippen LogP contribution in [0, 0.1) is 0 Å². The van der Waals surface area contributed by atoms with E-state index in [-0.39, 0.29) is 0 Å². The average Bonchev–Trinajstić information content (AvgIpc) is 2.52. The lowest BCUT2D eigenvalue weighted by Crippen LogP contribution is -1.91. The fourth-order valence-electron chi connectivity index (χ4n) is 2.22. The highest BCUT2D eigenvalue weighted by molar-refractivity contribution is 5.75. The van der Waals surface area contributed by atoms with Gasteiger partial charge < -0.3 is 0 Å². The molecule has 1 nitrogen and oxygen atoms in total. The minimum absolute atomic E-state index is 0.339. The van der Waals surface area contributed by atoms with Crippen LogP contribution in [0.5, 0.6) is 0 Å². The summed E-state index contributed by atoms with van der Waals surface area (Å²) in [7, 11) is 0. The smallest absolute Gasteiger partial charge is 0.150 e. The second-order valence-electron chi connectivity index (χ2n) is 5.03. The van der Waals surface area contributed by atoms with Gasteiger partial charge >= 0.3 is 0 Å². The molecule has 0 aliphatic carbocycles. The van der Waals surface area contributed by atoms with Gasteiger partial charge in [0.05, 0.1) is 0 Å². The van der Waals surface area contributed by atoms with Gasteiger partial charge in [0.25, 0.3) is 0 Å². The third-order valence-corrected chi connectivity index (χ3v) is 3.44. The Bertz CT molecular complexity index is 569. The van der Waals surface area contributed by atoms with Gasteiger partial charge in [-0.25, -0.2) is 0 Å². The molecule has 2 aromatic carbocycles. The largest absolute Gasteiger partial charge is 0.298 e. The maximum atomic E-state index is 10.8. The fraction of sp³-hybridized carbons (Fsp3) is 0.211. The van der Waals surface area contributed by atoms with Crippen LogP contribution in [0.4, 0.5) is 0 Å². The summed E-state index contributed by atoms with van der Waals surface area (Å²) in [5.41, 5.74) is 3.30. The van der Waals surface area contributed by atoms with E-state index in [1.807, 2.05) is 24.3 Å². The van der Waals surface area contributed by atoms with E-state index in [1.165, 1.54) is 11.1 Å². The third kappa shape index (κ3) is 4.20. The first-order valence-corrected chi connectivity index (χ1v) is 7.05. The molecule has 0 spiro atoms. The van der Waals surface area contributed by atoms with E-state index in [0.717, 1.165) is 24.7 Å². The van der Waals surface area contributed by atoms with Gasteiger partial charge in [0.15, 0.2) is 0 Å². The van der Waals surface area contributed by atoms with Crippen LogP contribution in [0.15, 0.2) is 66.7 Å². The van der Waals surface area contributed by atoms with Crippen LogP contribution in [0.1, 0.15) is 40.7 Å². The zero-order valence-corrected chi connectivity index (χ0v) is 11.8. The summed E-state index contributed by atoms with van der Waals surface area (Å²) in [5.74, 6) is 0.339. The Labute approximate surface area is 121 Å². The Morgan fingerprint density at radius 1 is 1.05 bits per heavy atom. The maximum absolute atomic E-state index is 10.8. The molecule has 0 saturated carbocycles. The van der Waals surface area contributed by atoms with E-state index in [4.69, 9.17) is 0 Å². The molecule has 0 bridgehead atoms. The summed E-state index contributed by atoms with van der Waals surface area (Å²) in [6.07, 6.45) is 7.45. The summed E-state index contributed by atoms with van der Waals surface area (Å²) in [6.45, 7) is 2.16. The van der Waals surface area contributed by atoms with Gasteiger partial charge in [-0.05, 0) is 36.0 Å². The number of carbonyl (C=O) groups excluding carboxylic acids is 1. The number of carbonyl (C=O) groups is 1. The lowest BCUT2D eigenvalue weighted by Gasteiger charge is -2.07. The molecule has 20 heavy (non-hydrogen) atoms. The van der Waals surface area contributed by atoms with Crippen LogP contribution < -0.4 is 0 Å². The molecule has 0 heterocycles. The van der Waals surface area contributed by atoms with E-state index >= 15 is 0 Å². The Morgan fingerprint density at radius 3 is 2.60 bits per heavy atom. The number of hydrogen-bond donors (Lipinski definition) is 0. The second-order valence-corrected chi connectivity index (χ2v) is 5.03. The minimum atomic E-state index is 0.339. The summed E-state index contributed by atoms with van der Waals surface area (Å²) < 4.78 is 0. The van der Waals surface area contributed by atoms with E-state index in [0.29, 0.717) is 5.92 Å². The molecule has 0 radical (unpaired) electrons. The second kappa shape index (κ2) is 7.44. The molecule has 1 unspecified atom stereocenters. The van der Waals surface area contributed by atoms with Crippen molar-refractivity contribution in [3.05, 3.63) is 83.4 Å². The Morgan fingerprint density at radius 2 is 1.85 bits per heavy atom. The van der Waals surface area contributed by atoms with Gasteiger partial charge in [0.2, 0.25) is 0 Å². The van der Waals surface area contributed by atoms with E-state index < -0.39 is 0 Å². The zero-order chi connectivity index (χ0) is 14.2. The SMILES string of the molecule is CC(/C=C/CCc1ccccc1)c1cccc(C=O)c1. The predicted octanol–water partition coefficient (Wildman–Crippen LogP) is 4.79. The van der Waals surface area contributed by atoms with Crippen LogP contribution >= 0.6 is 0 Å². The van der Waals surface area contributed by atoms with Crippen LogP contribution in [0.2, 0.25) is 0 Å². The highest BCUT2D eigenvalue weighted by atomic mass is 16.1. The minimum Gasteiger partial charge on any atom is -0.298 e. The van der Waals surface area contributed by atoms with Crippen molar-refractivity contribution in [1.82, 2.24) is 0 Å². The number of benzene rings is 2. The summed E-state index contributed by atoms with van der Waals surface area (Å²) in [6, 6.07) is 18.3. The molecule has 0 aliphatic rings. The van der Waals surface area contributed by atoms with Gasteiger partial charge in [0, 0.05) is 5.56 Å². The molecule has 2 aromatic rings. The van der Waals surface area contributed by atoms with Crippen molar-refractivity contribution in [3.8, 4) is 0 Å². The normalized spacial score (nSPS) is 12.4. The van der Waals surface area contributed by atoms with E-state index in [2.05, 4.69) is 49.4 Å². The van der Waals surface area contributed by atoms with Crippen molar-refractivity contribution >= 4 is 6.29 Å². The van der Waals surface area contributed by atoms with Gasteiger partial charge in [-0.3, -0.25) is 4.79 Å². The van der Waals surface area contributed by atoms with Crippen molar-refractivity contribution in [2.24, 2.45) is 0 Å². The van der Waals surface area contributed by atoms with Crippen molar-refractivity contribution < 1.29 is 4.79 Å². The molecule has 0 saturated heterocycles. The highest BCUT2D eigenvalue weighted by Gasteiger charge is 2.01. The van der Waals surface area contributed by atoms with E-state index in [9.17, 15) is 4.79 Å². The Balaban J connectivity index is 1.88. The first kappa shape index (κ1) is 14.3. The fourth-order valence-corrected chi connectivity index (χ4v) is 2.22. The van der Waals surface area contributed by atoms with Gasteiger partial charge in [-0.1, -0.05) is 67.6 Å². The molecule has 2 rings (SSSR count). The van der Waals surface area contributed by atoms with Gasteiger partial charge in [-0.2, -0.15) is 0 Å². The molecule has 0 amide bonds. The molecule has 0 fully saturated rings. The molecular weight excluding hydrogens is 244 g/mol. The molecule has 0 aliphatic heterocycles. The molecule has 0 aromatic heterocycles. The molecule has 1 heteroatoms. The lowest BCUT2D eigenvalue weighted by atomic mass is 9.98. The van der Waals surface area contributed by atoms with Crippen molar-refractivity contribution in [1.29, 1.82) is 0 Å². The number of allylic oxidation sites excluding steroid dienone is 2. The predicted molar refractivity (Wildman–Crippen MR) is 84.1 cm³/mol. The molecule has 0 N–H and O–H groups in total. The maximum Gasteiger partial charge on any atom is 0.150 e. The zero-order valence-electron chi connectivity index (χ0n) is 11.8. The summed E-state index contributed by atoms with van der Waals surface area (Å²) in [4.78, 5) is 10.8. The quantitative estimate of drug-likeness (QED) is 0.541. The standard InChI is InChI=1S/C19H20O/c1-16(19-13-7-12-18(14-19)15-20)8-5-6-11-17-9-3-2-4-10-17/h2-5,7-10,12-16H,6,11H2,1H3/b8-5+. The third-order valence-electron chi connectivity index (χ3n) is 3.44. The lowest BCUT2D eigenvalue weighted by molar-refractivity contribution is 0.112. The first-order valence-electron chi connectivity index (χ1n) is 7.05. The number of rotatable bonds is 6. The molecular formula is C19H20O. The number of aldehydes is 1. The Kier molecular flexibility index (Phi) is 5.31. The molecule has 102 valence electrons. The van der Waals surface area contributed by atoms with E-state index in [1.54, 1.807) is 0 Å². The van der Waals surface area contributed by atoms with Gasteiger partial charge in [0.1, 0.15) is 6.29 Å². The van der Waals surface area contributed by atoms with Crippen LogP contribution in [0.25, 0.3) is 0 Å². The van der Waals surface area contributed by atoms with Crippen molar-refractivity contribution in [2.75, 3.05) is 0 Å². The van der Waals surface area contributed by atoms with Crippen molar-refractivity contribution in [3.63, 3.8) is 0 Å². The number of aryl methyl sites for hydroxylation is 1. The molecule has 1 atom stereocenters. The average molecular weight is 264 g/mol. The topological polar surface area (TPSA) is 17.1 Å². The highest BCUT2D eigenvalue weighted by Crippen LogP contribution is 2.18. The monoisotopic (exact) mass is 264 g/mol. The Hall–Kier alpha value is -2.15. The van der Waals surface area contributed by atoms with Crippen molar-refractivity contribution in [2.45, 2.75) is 25.7 Å². The van der Waals surface area contributed by atoms with Gasteiger partial charge in [-0.15, -0.1) is 0 Å². The van der Waals surface area contributed by atoms with Crippen LogP contribution in [0.3, 0.4) is 0 Å². The number of hydrogen-bond acceptors (Lipinski definition) is 1. The summed E-state index contributed by atoms with van der Waals surface area (Å²) >= 11 is 0. The van der Waals surface area contributed by atoms with Crippen LogP contribution in [-0.2, 0) is 6.42 Å². The van der Waals surface area contributed by atoms with Crippen LogP contribution in [-0.4, -0.2) is 6.29 Å².